The number of para-hydroxylation sites is 4. The maximum atomic E-state index is 6.67. The molecular formula is C44H26N2O2. The molecular weight excluding hydrogens is 588 g/mol. The molecule has 0 amide bonds. The molecule has 0 saturated heterocycles. The zero-order valence-electron chi connectivity index (χ0n) is 25.7. The van der Waals surface area contributed by atoms with Crippen LogP contribution in [-0.4, -0.2) is 9.13 Å². The summed E-state index contributed by atoms with van der Waals surface area (Å²) >= 11 is 0. The summed E-state index contributed by atoms with van der Waals surface area (Å²) in [6.07, 6.45) is 0. The second-order valence-electron chi connectivity index (χ2n) is 12.5. The molecule has 4 heteroatoms. The monoisotopic (exact) mass is 614 g/mol. The van der Waals surface area contributed by atoms with Crippen molar-refractivity contribution < 1.29 is 8.83 Å². The first-order valence-electron chi connectivity index (χ1n) is 16.3. The second kappa shape index (κ2) is 9.50. The van der Waals surface area contributed by atoms with Gasteiger partial charge in [0.05, 0.1) is 21.9 Å². The second-order valence-corrected chi connectivity index (χ2v) is 12.5. The highest BCUT2D eigenvalue weighted by Crippen LogP contribution is 2.44. The van der Waals surface area contributed by atoms with Crippen molar-refractivity contribution in [1.29, 1.82) is 0 Å². The number of benzene rings is 7. The quantitative estimate of drug-likeness (QED) is 0.198. The van der Waals surface area contributed by atoms with Crippen molar-refractivity contribution in [2.75, 3.05) is 0 Å². The number of hydrogen-bond donors (Lipinski definition) is 0. The van der Waals surface area contributed by atoms with Crippen LogP contribution in [-0.2, 0) is 0 Å². The fourth-order valence-corrected chi connectivity index (χ4v) is 7.88. The van der Waals surface area contributed by atoms with E-state index in [0.29, 0.717) is 0 Å². The van der Waals surface area contributed by atoms with Crippen molar-refractivity contribution in [3.63, 3.8) is 0 Å². The minimum Gasteiger partial charge on any atom is -0.456 e. The predicted octanol–water partition coefficient (Wildman–Crippen LogP) is 12.2. The van der Waals surface area contributed by atoms with Crippen molar-refractivity contribution in [3.8, 4) is 22.5 Å². The van der Waals surface area contributed by atoms with Crippen molar-refractivity contribution in [2.45, 2.75) is 0 Å². The molecule has 0 radical (unpaired) electrons. The molecule has 11 rings (SSSR count). The van der Waals surface area contributed by atoms with Crippen LogP contribution < -0.4 is 0 Å². The molecule has 4 heterocycles. The number of hydrogen-bond acceptors (Lipinski definition) is 2. The molecule has 0 aliphatic carbocycles. The van der Waals surface area contributed by atoms with E-state index in [9.17, 15) is 0 Å². The number of aromatic nitrogens is 2. The van der Waals surface area contributed by atoms with E-state index in [-0.39, 0.29) is 0 Å². The van der Waals surface area contributed by atoms with Gasteiger partial charge in [0.2, 0.25) is 5.71 Å². The smallest absolute Gasteiger partial charge is 0.213 e. The predicted molar refractivity (Wildman–Crippen MR) is 198 cm³/mol. The molecule has 0 aliphatic heterocycles. The molecule has 0 fully saturated rings. The molecule has 0 unspecified atom stereocenters. The van der Waals surface area contributed by atoms with E-state index < -0.39 is 0 Å². The highest BCUT2D eigenvalue weighted by Gasteiger charge is 2.22. The van der Waals surface area contributed by atoms with Crippen LogP contribution in [0.2, 0.25) is 0 Å². The molecule has 0 N–H and O–H groups in total. The minimum absolute atomic E-state index is 0.854. The summed E-state index contributed by atoms with van der Waals surface area (Å²) in [5.41, 5.74) is 11.3. The Balaban J connectivity index is 1.11. The third-order valence-electron chi connectivity index (χ3n) is 9.93. The van der Waals surface area contributed by atoms with Crippen LogP contribution in [0.15, 0.2) is 167 Å². The van der Waals surface area contributed by atoms with Gasteiger partial charge in [-0.3, -0.25) is 4.57 Å². The molecule has 0 spiro atoms. The molecule has 48 heavy (non-hydrogen) atoms. The summed E-state index contributed by atoms with van der Waals surface area (Å²) in [4.78, 5) is 0. The zero-order valence-corrected chi connectivity index (χ0v) is 25.7. The average molecular weight is 615 g/mol. The molecule has 4 nitrogen and oxygen atoms in total. The summed E-state index contributed by atoms with van der Waals surface area (Å²) in [6.45, 7) is 0. The summed E-state index contributed by atoms with van der Waals surface area (Å²) in [5, 5.41) is 8.12. The zero-order chi connectivity index (χ0) is 31.3. The van der Waals surface area contributed by atoms with E-state index >= 15 is 0 Å². The standard InChI is InChI=1S/C44H26N2O2/c1-2-11-28(12-3-1)46-38-19-9-6-15-35(38)43-42-30(16-10-20-39(42)48-44(43)46)27-21-23-33-34-24-22-29(26-41(34)47-40(33)25-27)45-36-17-7-4-13-31(36)32-14-5-8-18-37(32)45/h1-26H. The van der Waals surface area contributed by atoms with Crippen LogP contribution in [0.5, 0.6) is 0 Å². The lowest BCUT2D eigenvalue weighted by Crippen LogP contribution is -1.93. The lowest BCUT2D eigenvalue weighted by atomic mass is 9.98. The van der Waals surface area contributed by atoms with Gasteiger partial charge >= 0.3 is 0 Å². The number of nitrogens with zero attached hydrogens (tertiary/aromatic N) is 2. The minimum atomic E-state index is 0.854. The number of rotatable bonds is 3. The first kappa shape index (κ1) is 25.6. The third-order valence-corrected chi connectivity index (χ3v) is 9.93. The van der Waals surface area contributed by atoms with E-state index in [0.717, 1.165) is 72.0 Å². The maximum Gasteiger partial charge on any atom is 0.213 e. The fourth-order valence-electron chi connectivity index (χ4n) is 7.88. The molecule has 224 valence electrons. The van der Waals surface area contributed by atoms with Crippen molar-refractivity contribution in [1.82, 2.24) is 9.13 Å². The van der Waals surface area contributed by atoms with Gasteiger partial charge in [0.1, 0.15) is 16.7 Å². The van der Waals surface area contributed by atoms with Crippen LogP contribution in [0.25, 0.3) is 99.2 Å². The molecule has 11 aromatic rings. The van der Waals surface area contributed by atoms with Gasteiger partial charge in [-0.1, -0.05) is 91.0 Å². The molecule has 4 aromatic heterocycles. The van der Waals surface area contributed by atoms with Crippen molar-refractivity contribution >= 4 is 76.7 Å². The molecule has 0 aliphatic rings. The van der Waals surface area contributed by atoms with Gasteiger partial charge in [-0.15, -0.1) is 0 Å². The maximum absolute atomic E-state index is 6.67. The van der Waals surface area contributed by atoms with E-state index in [1.807, 2.05) is 6.07 Å². The Morgan fingerprint density at radius 2 is 0.979 bits per heavy atom. The van der Waals surface area contributed by atoms with Gasteiger partial charge in [-0.05, 0) is 71.8 Å². The average Bonchev–Trinajstić information content (AvgIpc) is 3.88. The largest absolute Gasteiger partial charge is 0.456 e. The van der Waals surface area contributed by atoms with Gasteiger partial charge < -0.3 is 13.4 Å². The highest BCUT2D eigenvalue weighted by atomic mass is 16.3. The first-order valence-corrected chi connectivity index (χ1v) is 16.3. The van der Waals surface area contributed by atoms with Crippen LogP contribution >= 0.6 is 0 Å². The van der Waals surface area contributed by atoms with Crippen molar-refractivity contribution in [2.24, 2.45) is 0 Å². The Hall–Kier alpha value is -6.52. The first-order chi connectivity index (χ1) is 23.8. The Morgan fingerprint density at radius 1 is 0.354 bits per heavy atom. The summed E-state index contributed by atoms with van der Waals surface area (Å²) in [6, 6.07) is 55.7. The Morgan fingerprint density at radius 3 is 1.73 bits per heavy atom. The summed E-state index contributed by atoms with van der Waals surface area (Å²) in [7, 11) is 0. The molecule has 0 bridgehead atoms. The number of furan rings is 2. The topological polar surface area (TPSA) is 36.1 Å². The van der Waals surface area contributed by atoms with Gasteiger partial charge in [-0.25, -0.2) is 0 Å². The van der Waals surface area contributed by atoms with Crippen LogP contribution in [0.1, 0.15) is 0 Å². The van der Waals surface area contributed by atoms with Crippen LogP contribution in [0, 0.1) is 0 Å². The molecule has 7 aromatic carbocycles. The van der Waals surface area contributed by atoms with Gasteiger partial charge in [0, 0.05) is 49.8 Å². The van der Waals surface area contributed by atoms with E-state index in [2.05, 4.69) is 161 Å². The van der Waals surface area contributed by atoms with E-state index in [1.165, 1.54) is 27.2 Å². The Bertz CT molecular complexity index is 3010. The highest BCUT2D eigenvalue weighted by molar-refractivity contribution is 6.24. The lowest BCUT2D eigenvalue weighted by molar-refractivity contribution is 0.645. The summed E-state index contributed by atoms with van der Waals surface area (Å²) < 4.78 is 17.9. The SMILES string of the molecule is c1ccc(-n2c3ccccc3c3c4c(-c5ccc6c(c5)oc5cc(-n7c8ccccc8c8ccccc87)ccc56)cccc4oc32)cc1. The lowest BCUT2D eigenvalue weighted by Gasteiger charge is -2.07. The van der Waals surface area contributed by atoms with Gasteiger partial charge in [0.25, 0.3) is 0 Å². The van der Waals surface area contributed by atoms with Crippen LogP contribution in [0.4, 0.5) is 0 Å². The Kier molecular flexibility index (Phi) is 5.08. The summed E-state index contributed by atoms with van der Waals surface area (Å²) in [5.74, 6) is 0. The fraction of sp³-hybridized carbons (Fsp3) is 0. The van der Waals surface area contributed by atoms with Crippen LogP contribution in [0.3, 0.4) is 0 Å². The van der Waals surface area contributed by atoms with E-state index in [1.54, 1.807) is 0 Å². The number of fused-ring (bicyclic) bond motifs is 11. The normalized spacial score (nSPS) is 12.2. The Labute approximate surface area is 274 Å². The molecule has 0 atom stereocenters. The van der Waals surface area contributed by atoms with Gasteiger partial charge in [-0.2, -0.15) is 0 Å². The third kappa shape index (κ3) is 3.43. The van der Waals surface area contributed by atoms with Gasteiger partial charge in [0.15, 0.2) is 0 Å². The van der Waals surface area contributed by atoms with Crippen molar-refractivity contribution in [3.05, 3.63) is 158 Å². The molecule has 0 saturated carbocycles. The van der Waals surface area contributed by atoms with E-state index in [4.69, 9.17) is 8.83 Å².